The molecule has 0 aromatic carbocycles. The van der Waals surface area contributed by atoms with Crippen molar-refractivity contribution in [1.29, 1.82) is 0 Å². The van der Waals surface area contributed by atoms with E-state index < -0.39 is 0 Å². The molecule has 122 valence electrons. The SMILES string of the molecule is CC1CCCN(CC2(CNC3CC3)CCCCCC2)CC1. The molecule has 21 heavy (non-hydrogen) atoms. The second-order valence-corrected chi connectivity index (χ2v) is 8.38. The summed E-state index contributed by atoms with van der Waals surface area (Å²) >= 11 is 0. The van der Waals surface area contributed by atoms with E-state index in [0.29, 0.717) is 5.41 Å². The topological polar surface area (TPSA) is 15.3 Å². The second kappa shape index (κ2) is 7.46. The Kier molecular flexibility index (Phi) is 5.61. The van der Waals surface area contributed by atoms with Crippen LogP contribution in [0.4, 0.5) is 0 Å². The molecule has 3 rings (SSSR count). The van der Waals surface area contributed by atoms with Crippen molar-refractivity contribution in [1.82, 2.24) is 10.2 Å². The van der Waals surface area contributed by atoms with Crippen LogP contribution in [0.25, 0.3) is 0 Å². The highest BCUT2D eigenvalue weighted by molar-refractivity contribution is 4.91. The van der Waals surface area contributed by atoms with E-state index in [-0.39, 0.29) is 0 Å². The molecule has 0 aromatic heterocycles. The minimum atomic E-state index is 0.590. The molecular formula is C19H36N2. The van der Waals surface area contributed by atoms with Crippen molar-refractivity contribution in [3.63, 3.8) is 0 Å². The number of hydrogen-bond donors (Lipinski definition) is 1. The molecule has 1 aliphatic heterocycles. The van der Waals surface area contributed by atoms with E-state index in [2.05, 4.69) is 17.1 Å². The zero-order valence-corrected chi connectivity index (χ0v) is 14.2. The molecule has 1 unspecified atom stereocenters. The van der Waals surface area contributed by atoms with Crippen molar-refractivity contribution in [3.05, 3.63) is 0 Å². The third-order valence-electron chi connectivity index (χ3n) is 6.18. The summed E-state index contributed by atoms with van der Waals surface area (Å²) < 4.78 is 0. The second-order valence-electron chi connectivity index (χ2n) is 8.38. The Balaban J connectivity index is 1.59. The maximum atomic E-state index is 3.88. The summed E-state index contributed by atoms with van der Waals surface area (Å²) in [5.41, 5.74) is 0.590. The monoisotopic (exact) mass is 292 g/mol. The smallest absolute Gasteiger partial charge is 0.00684 e. The van der Waals surface area contributed by atoms with Gasteiger partial charge in [0.1, 0.15) is 0 Å². The van der Waals surface area contributed by atoms with Crippen molar-refractivity contribution >= 4 is 0 Å². The van der Waals surface area contributed by atoms with Gasteiger partial charge in [0, 0.05) is 19.1 Å². The number of rotatable bonds is 5. The Bertz CT molecular complexity index is 303. The average Bonchev–Trinajstić information content (AvgIpc) is 3.29. The van der Waals surface area contributed by atoms with Gasteiger partial charge < -0.3 is 10.2 Å². The fourth-order valence-electron chi connectivity index (χ4n) is 4.47. The Morgan fingerprint density at radius 3 is 2.38 bits per heavy atom. The molecule has 2 aliphatic carbocycles. The molecule has 2 saturated carbocycles. The van der Waals surface area contributed by atoms with Crippen LogP contribution in [0.3, 0.4) is 0 Å². The quantitative estimate of drug-likeness (QED) is 0.764. The van der Waals surface area contributed by atoms with E-state index in [1.165, 1.54) is 96.8 Å². The molecule has 1 atom stereocenters. The first-order valence-electron chi connectivity index (χ1n) is 9.72. The highest BCUT2D eigenvalue weighted by Gasteiger charge is 2.35. The average molecular weight is 293 g/mol. The van der Waals surface area contributed by atoms with Crippen molar-refractivity contribution in [2.24, 2.45) is 11.3 Å². The number of likely N-dealkylation sites (tertiary alicyclic amines) is 1. The Morgan fingerprint density at radius 2 is 1.67 bits per heavy atom. The van der Waals surface area contributed by atoms with Crippen molar-refractivity contribution in [3.8, 4) is 0 Å². The van der Waals surface area contributed by atoms with Gasteiger partial charge in [-0.3, -0.25) is 0 Å². The van der Waals surface area contributed by atoms with E-state index in [1.54, 1.807) is 0 Å². The van der Waals surface area contributed by atoms with Gasteiger partial charge in [-0.1, -0.05) is 32.6 Å². The summed E-state index contributed by atoms with van der Waals surface area (Å²) in [4.78, 5) is 2.82. The zero-order chi connectivity index (χ0) is 14.5. The highest BCUT2D eigenvalue weighted by atomic mass is 15.1. The van der Waals surface area contributed by atoms with Crippen LogP contribution in [-0.2, 0) is 0 Å². The van der Waals surface area contributed by atoms with Gasteiger partial charge in [-0.25, -0.2) is 0 Å². The predicted molar refractivity (Wildman–Crippen MR) is 90.6 cm³/mol. The fraction of sp³-hybridized carbons (Fsp3) is 1.00. The molecule has 3 aliphatic rings. The summed E-state index contributed by atoms with van der Waals surface area (Å²) in [6.07, 6.45) is 16.0. The van der Waals surface area contributed by atoms with Crippen LogP contribution in [0.5, 0.6) is 0 Å². The van der Waals surface area contributed by atoms with Crippen LogP contribution in [0, 0.1) is 11.3 Å². The molecular weight excluding hydrogens is 256 g/mol. The first-order valence-corrected chi connectivity index (χ1v) is 9.72. The van der Waals surface area contributed by atoms with Crippen molar-refractivity contribution in [2.75, 3.05) is 26.2 Å². The van der Waals surface area contributed by atoms with E-state index in [0.717, 1.165) is 12.0 Å². The summed E-state index contributed by atoms with van der Waals surface area (Å²) in [5, 5.41) is 3.88. The molecule has 1 heterocycles. The van der Waals surface area contributed by atoms with Crippen LogP contribution in [0.1, 0.15) is 77.6 Å². The summed E-state index contributed by atoms with van der Waals surface area (Å²) in [5.74, 6) is 0.949. The summed E-state index contributed by atoms with van der Waals surface area (Å²) in [6.45, 7) is 7.82. The zero-order valence-electron chi connectivity index (χ0n) is 14.2. The molecule has 0 spiro atoms. The number of nitrogens with one attached hydrogen (secondary N) is 1. The van der Waals surface area contributed by atoms with E-state index >= 15 is 0 Å². The third kappa shape index (κ3) is 4.96. The lowest BCUT2D eigenvalue weighted by molar-refractivity contribution is 0.128. The predicted octanol–water partition coefficient (Wildman–Crippen LogP) is 4.20. The van der Waals surface area contributed by atoms with E-state index in [4.69, 9.17) is 0 Å². The molecule has 1 N–H and O–H groups in total. The van der Waals surface area contributed by atoms with E-state index in [9.17, 15) is 0 Å². The van der Waals surface area contributed by atoms with Crippen LogP contribution in [0.15, 0.2) is 0 Å². The minimum Gasteiger partial charge on any atom is -0.313 e. The molecule has 2 heteroatoms. The molecule has 2 nitrogen and oxygen atoms in total. The first-order chi connectivity index (χ1) is 10.3. The largest absolute Gasteiger partial charge is 0.313 e. The van der Waals surface area contributed by atoms with Crippen LogP contribution in [-0.4, -0.2) is 37.1 Å². The Hall–Kier alpha value is -0.0800. The lowest BCUT2D eigenvalue weighted by Gasteiger charge is -2.38. The van der Waals surface area contributed by atoms with Crippen LogP contribution in [0.2, 0.25) is 0 Å². The standard InChI is InChI=1S/C19H36N2/c1-17-7-6-13-21(14-10-17)16-19(15-20-18-8-9-18)11-4-2-3-5-12-19/h17-18,20H,2-16H2,1H3. The molecule has 0 bridgehead atoms. The maximum Gasteiger partial charge on any atom is 0.00684 e. The number of hydrogen-bond acceptors (Lipinski definition) is 2. The fourth-order valence-corrected chi connectivity index (χ4v) is 4.47. The molecule has 0 radical (unpaired) electrons. The Morgan fingerprint density at radius 1 is 0.905 bits per heavy atom. The van der Waals surface area contributed by atoms with Gasteiger partial charge in [0.15, 0.2) is 0 Å². The lowest BCUT2D eigenvalue weighted by Crippen LogP contribution is -2.45. The van der Waals surface area contributed by atoms with Crippen LogP contribution >= 0.6 is 0 Å². The lowest BCUT2D eigenvalue weighted by atomic mass is 9.79. The molecule has 0 amide bonds. The van der Waals surface area contributed by atoms with Crippen molar-refractivity contribution < 1.29 is 0 Å². The van der Waals surface area contributed by atoms with Gasteiger partial charge in [-0.15, -0.1) is 0 Å². The molecule has 0 aromatic rings. The van der Waals surface area contributed by atoms with Crippen molar-refractivity contribution in [2.45, 2.75) is 83.6 Å². The summed E-state index contributed by atoms with van der Waals surface area (Å²) in [6, 6.07) is 0.870. The van der Waals surface area contributed by atoms with Gasteiger partial charge in [0.05, 0.1) is 0 Å². The minimum absolute atomic E-state index is 0.590. The van der Waals surface area contributed by atoms with Gasteiger partial charge in [-0.2, -0.15) is 0 Å². The van der Waals surface area contributed by atoms with Gasteiger partial charge in [0.2, 0.25) is 0 Å². The molecule has 3 fully saturated rings. The van der Waals surface area contributed by atoms with Gasteiger partial charge >= 0.3 is 0 Å². The van der Waals surface area contributed by atoms with Crippen LogP contribution < -0.4 is 5.32 Å². The molecule has 1 saturated heterocycles. The number of nitrogens with zero attached hydrogens (tertiary/aromatic N) is 1. The van der Waals surface area contributed by atoms with Gasteiger partial charge in [-0.05, 0) is 69.4 Å². The summed E-state index contributed by atoms with van der Waals surface area (Å²) in [7, 11) is 0. The third-order valence-corrected chi connectivity index (χ3v) is 6.18. The normalized spacial score (nSPS) is 31.6. The van der Waals surface area contributed by atoms with Gasteiger partial charge in [0.25, 0.3) is 0 Å². The first kappa shape index (κ1) is 15.8. The highest BCUT2D eigenvalue weighted by Crippen LogP contribution is 2.37. The van der Waals surface area contributed by atoms with E-state index in [1.807, 2.05) is 0 Å². The maximum absolute atomic E-state index is 3.88. The Labute approximate surface area is 132 Å².